The number of alkyl halides is 3. The minimum Gasteiger partial charge on any atom is -0.503 e. The van der Waals surface area contributed by atoms with E-state index in [0.717, 1.165) is 11.1 Å². The van der Waals surface area contributed by atoms with Crippen molar-refractivity contribution in [1.29, 1.82) is 0 Å². The first-order valence-electron chi connectivity index (χ1n) is 11.2. The summed E-state index contributed by atoms with van der Waals surface area (Å²) in [5, 5.41) is 13.2. The number of nitrogens with zero attached hydrogens (tertiary/aromatic N) is 3. The van der Waals surface area contributed by atoms with Crippen molar-refractivity contribution in [3.05, 3.63) is 106 Å². The lowest BCUT2D eigenvalue weighted by Gasteiger charge is -2.36. The number of hydrogen-bond acceptors (Lipinski definition) is 4. The molecular formula is C26H23F3N4O2. The van der Waals surface area contributed by atoms with Gasteiger partial charge in [-0.15, -0.1) is 0 Å². The topological polar surface area (TPSA) is 72.1 Å². The second kappa shape index (κ2) is 9.07. The van der Waals surface area contributed by atoms with E-state index >= 15 is 0 Å². The van der Waals surface area contributed by atoms with E-state index in [1.165, 1.54) is 12.3 Å². The van der Waals surface area contributed by atoms with Crippen LogP contribution in [-0.2, 0) is 13.1 Å². The number of benzene rings is 2. The van der Waals surface area contributed by atoms with E-state index in [2.05, 4.69) is 10.3 Å². The second-order valence-corrected chi connectivity index (χ2v) is 8.55. The summed E-state index contributed by atoms with van der Waals surface area (Å²) in [5.41, 5.74) is 2.32. The van der Waals surface area contributed by atoms with Crippen LogP contribution in [0.5, 0.6) is 5.75 Å². The molecule has 0 bridgehead atoms. The van der Waals surface area contributed by atoms with Crippen LogP contribution in [0.25, 0.3) is 11.5 Å². The van der Waals surface area contributed by atoms with E-state index in [0.29, 0.717) is 18.1 Å². The van der Waals surface area contributed by atoms with E-state index < -0.39 is 23.9 Å². The molecule has 5 rings (SSSR count). The third-order valence-electron chi connectivity index (χ3n) is 6.31. The SMILES string of the molecule is O=c1ccn2c(c1O)-c1ncc(CNCC(F)(F)F)n1C[C@@H]2C(c1ccccc1)c1ccccc1. The Morgan fingerprint density at radius 3 is 2.26 bits per heavy atom. The molecule has 2 aromatic heterocycles. The lowest BCUT2D eigenvalue weighted by Crippen LogP contribution is -2.33. The molecule has 6 nitrogen and oxygen atoms in total. The number of aromatic nitrogens is 3. The highest BCUT2D eigenvalue weighted by Gasteiger charge is 2.35. The number of fused-ring (bicyclic) bond motifs is 3. The molecule has 0 saturated carbocycles. The van der Waals surface area contributed by atoms with Crippen molar-refractivity contribution in [3.63, 3.8) is 0 Å². The zero-order valence-corrected chi connectivity index (χ0v) is 18.6. The van der Waals surface area contributed by atoms with E-state index in [9.17, 15) is 23.1 Å². The van der Waals surface area contributed by atoms with Crippen molar-refractivity contribution in [1.82, 2.24) is 19.4 Å². The van der Waals surface area contributed by atoms with Gasteiger partial charge in [-0.1, -0.05) is 60.7 Å². The molecule has 3 heterocycles. The fraction of sp³-hybridized carbons (Fsp3) is 0.231. The first-order valence-corrected chi connectivity index (χ1v) is 11.2. The maximum Gasteiger partial charge on any atom is 0.401 e. The average molecular weight is 480 g/mol. The molecule has 2 aromatic carbocycles. The number of imidazole rings is 1. The minimum atomic E-state index is -4.34. The van der Waals surface area contributed by atoms with Crippen LogP contribution in [0, 0.1) is 0 Å². The molecule has 4 aromatic rings. The van der Waals surface area contributed by atoms with Gasteiger partial charge in [0.2, 0.25) is 5.43 Å². The van der Waals surface area contributed by atoms with Crippen LogP contribution < -0.4 is 10.7 Å². The quantitative estimate of drug-likeness (QED) is 0.428. The molecule has 0 spiro atoms. The number of rotatable bonds is 6. The highest BCUT2D eigenvalue weighted by atomic mass is 19.4. The van der Waals surface area contributed by atoms with Gasteiger partial charge in [-0.25, -0.2) is 4.98 Å². The molecule has 1 aliphatic heterocycles. The fourth-order valence-corrected chi connectivity index (χ4v) is 4.81. The van der Waals surface area contributed by atoms with Crippen molar-refractivity contribution < 1.29 is 18.3 Å². The van der Waals surface area contributed by atoms with Gasteiger partial charge in [-0.3, -0.25) is 4.79 Å². The van der Waals surface area contributed by atoms with E-state index in [4.69, 9.17) is 0 Å². The summed E-state index contributed by atoms with van der Waals surface area (Å²) in [4.78, 5) is 16.7. The summed E-state index contributed by atoms with van der Waals surface area (Å²) in [6.07, 6.45) is -1.19. The Hall–Kier alpha value is -3.85. The molecule has 1 atom stereocenters. The molecule has 1 aliphatic rings. The van der Waals surface area contributed by atoms with Crippen molar-refractivity contribution in [3.8, 4) is 17.3 Å². The molecule has 0 saturated heterocycles. The molecule has 2 N–H and O–H groups in total. The smallest absolute Gasteiger partial charge is 0.401 e. The van der Waals surface area contributed by atoms with E-state index in [1.54, 1.807) is 10.8 Å². The van der Waals surface area contributed by atoms with Crippen LogP contribution in [0.4, 0.5) is 13.2 Å². The molecule has 180 valence electrons. The largest absolute Gasteiger partial charge is 0.503 e. The Kier molecular flexibility index (Phi) is 5.94. The highest BCUT2D eigenvalue weighted by molar-refractivity contribution is 5.62. The Morgan fingerprint density at radius 1 is 1.03 bits per heavy atom. The van der Waals surface area contributed by atoms with Crippen molar-refractivity contribution in [2.75, 3.05) is 6.54 Å². The van der Waals surface area contributed by atoms with Crippen molar-refractivity contribution in [2.24, 2.45) is 0 Å². The van der Waals surface area contributed by atoms with Crippen LogP contribution in [-0.4, -0.2) is 31.9 Å². The first-order chi connectivity index (χ1) is 16.8. The van der Waals surface area contributed by atoms with Gasteiger partial charge < -0.3 is 19.6 Å². The Labute approximate surface area is 199 Å². The van der Waals surface area contributed by atoms with E-state index in [1.807, 2.05) is 65.2 Å². The summed E-state index contributed by atoms with van der Waals surface area (Å²) in [6.45, 7) is -0.796. The van der Waals surface area contributed by atoms with Gasteiger partial charge in [-0.2, -0.15) is 13.2 Å². The number of halogens is 3. The maximum atomic E-state index is 12.7. The third-order valence-corrected chi connectivity index (χ3v) is 6.31. The molecule has 0 aliphatic carbocycles. The van der Waals surface area contributed by atoms with Gasteiger partial charge in [0, 0.05) is 31.3 Å². The summed E-state index contributed by atoms with van der Waals surface area (Å²) >= 11 is 0. The van der Waals surface area contributed by atoms with Crippen LogP contribution in [0.2, 0.25) is 0 Å². The van der Waals surface area contributed by atoms with Crippen LogP contribution in [0.15, 0.2) is 83.9 Å². The summed E-state index contributed by atoms with van der Waals surface area (Å²) < 4.78 is 41.8. The molecular weight excluding hydrogens is 457 g/mol. The Morgan fingerprint density at radius 2 is 1.66 bits per heavy atom. The highest BCUT2D eigenvalue weighted by Crippen LogP contribution is 2.43. The molecule has 35 heavy (non-hydrogen) atoms. The summed E-state index contributed by atoms with van der Waals surface area (Å²) in [6, 6.07) is 20.8. The summed E-state index contributed by atoms with van der Waals surface area (Å²) in [5.74, 6) is -0.247. The first kappa shape index (κ1) is 22.9. The monoisotopic (exact) mass is 480 g/mol. The molecule has 0 unspecified atom stereocenters. The summed E-state index contributed by atoms with van der Waals surface area (Å²) in [7, 11) is 0. The second-order valence-electron chi connectivity index (χ2n) is 8.55. The number of nitrogens with one attached hydrogen (secondary N) is 1. The average Bonchev–Trinajstić information content (AvgIpc) is 3.24. The zero-order valence-electron chi connectivity index (χ0n) is 18.6. The number of aromatic hydroxyl groups is 1. The fourth-order valence-electron chi connectivity index (χ4n) is 4.81. The predicted molar refractivity (Wildman–Crippen MR) is 125 cm³/mol. The van der Waals surface area contributed by atoms with Gasteiger partial charge in [-0.05, 0) is 11.1 Å². The third kappa shape index (κ3) is 4.46. The number of pyridine rings is 1. The van der Waals surface area contributed by atoms with Gasteiger partial charge in [0.15, 0.2) is 11.6 Å². The maximum absolute atomic E-state index is 12.7. The standard InChI is InChI=1S/C26H23F3N4O2/c27-26(28,29)16-30-13-19-14-31-25-23-24(35)21(34)11-12-32(23)20(15-33(19)25)22(17-7-3-1-4-8-17)18-9-5-2-6-10-18/h1-12,14,20,22,30,35H,13,15-16H2/t20-/m1/s1. The van der Waals surface area contributed by atoms with Gasteiger partial charge >= 0.3 is 6.18 Å². The van der Waals surface area contributed by atoms with E-state index in [-0.39, 0.29) is 24.2 Å². The normalized spacial score (nSPS) is 15.1. The molecule has 9 heteroatoms. The van der Waals surface area contributed by atoms with Crippen LogP contribution >= 0.6 is 0 Å². The molecule has 0 radical (unpaired) electrons. The lowest BCUT2D eigenvalue weighted by atomic mass is 9.83. The van der Waals surface area contributed by atoms with Gasteiger partial charge in [0.1, 0.15) is 5.69 Å². The Bertz CT molecular complexity index is 1340. The zero-order chi connectivity index (χ0) is 24.6. The minimum absolute atomic E-state index is 0.0571. The predicted octanol–water partition coefficient (Wildman–Crippen LogP) is 4.46. The molecule has 0 amide bonds. The van der Waals surface area contributed by atoms with Crippen molar-refractivity contribution >= 4 is 0 Å². The Balaban J connectivity index is 1.64. The van der Waals surface area contributed by atoms with Crippen LogP contribution in [0.3, 0.4) is 0 Å². The van der Waals surface area contributed by atoms with Gasteiger partial charge in [0.05, 0.1) is 24.5 Å². The van der Waals surface area contributed by atoms with Gasteiger partial charge in [0.25, 0.3) is 0 Å². The van der Waals surface area contributed by atoms with Crippen LogP contribution in [0.1, 0.15) is 28.8 Å². The molecule has 0 fully saturated rings. The number of hydrogen-bond donors (Lipinski definition) is 2. The lowest BCUT2D eigenvalue weighted by molar-refractivity contribution is -0.125. The van der Waals surface area contributed by atoms with Crippen molar-refractivity contribution in [2.45, 2.75) is 31.2 Å².